The smallest absolute Gasteiger partial charge is 0.311 e. The second kappa shape index (κ2) is 6.04. The molecule has 0 saturated carbocycles. The van der Waals surface area contributed by atoms with E-state index in [0.29, 0.717) is 38.2 Å². The summed E-state index contributed by atoms with van der Waals surface area (Å²) in [5.74, 6) is -1.18. The first-order chi connectivity index (χ1) is 9.57. The largest absolute Gasteiger partial charge is 0.481 e. The summed E-state index contributed by atoms with van der Waals surface area (Å²) in [5.41, 5.74) is -0.478. The van der Waals surface area contributed by atoms with Crippen LogP contribution in [0.15, 0.2) is 12.4 Å². The van der Waals surface area contributed by atoms with E-state index in [2.05, 4.69) is 10.4 Å². The van der Waals surface area contributed by atoms with Crippen LogP contribution in [0.2, 0.25) is 0 Å². The monoisotopic (exact) mass is 281 g/mol. The molecule has 0 aromatic carbocycles. The lowest BCUT2D eigenvalue weighted by Gasteiger charge is -2.33. The Morgan fingerprint density at radius 2 is 2.20 bits per heavy atom. The quantitative estimate of drug-likeness (QED) is 0.820. The van der Waals surface area contributed by atoms with E-state index in [4.69, 9.17) is 4.74 Å². The summed E-state index contributed by atoms with van der Waals surface area (Å²) in [6.45, 7) is 3.55. The van der Waals surface area contributed by atoms with Crippen LogP contribution in [-0.2, 0) is 16.1 Å². The number of aromatic nitrogens is 2. The van der Waals surface area contributed by atoms with Crippen molar-refractivity contribution in [2.24, 2.45) is 5.41 Å². The number of amides is 1. The first-order valence-corrected chi connectivity index (χ1v) is 6.69. The summed E-state index contributed by atoms with van der Waals surface area (Å²) in [5, 5.41) is 16.1. The minimum Gasteiger partial charge on any atom is -0.481 e. The minimum atomic E-state index is -0.922. The predicted molar refractivity (Wildman–Crippen MR) is 70.4 cm³/mol. The Labute approximate surface area is 116 Å². The lowest BCUT2D eigenvalue weighted by Crippen LogP contribution is -2.46. The van der Waals surface area contributed by atoms with E-state index < -0.39 is 11.4 Å². The fraction of sp³-hybridized carbons (Fsp3) is 0.615. The second-order valence-corrected chi connectivity index (χ2v) is 4.97. The molecule has 110 valence electrons. The normalized spacial score (nSPS) is 17.6. The summed E-state index contributed by atoms with van der Waals surface area (Å²) >= 11 is 0. The van der Waals surface area contributed by atoms with Gasteiger partial charge in [-0.3, -0.25) is 14.3 Å². The Kier molecular flexibility index (Phi) is 4.39. The van der Waals surface area contributed by atoms with Crippen molar-refractivity contribution >= 4 is 11.9 Å². The van der Waals surface area contributed by atoms with Crippen molar-refractivity contribution in [2.45, 2.75) is 26.3 Å². The standard InChI is InChI=1S/C13H19N3O4/c1-2-16-8-10(7-15-16)11(17)14-9-13(12(18)19)3-5-20-6-4-13/h7-8H,2-6,9H2,1H3,(H,14,17)(H,18,19). The molecule has 1 aromatic rings. The van der Waals surface area contributed by atoms with Gasteiger partial charge in [-0.15, -0.1) is 0 Å². The molecule has 1 fully saturated rings. The molecule has 0 radical (unpaired) electrons. The van der Waals surface area contributed by atoms with Crippen molar-refractivity contribution in [1.29, 1.82) is 0 Å². The van der Waals surface area contributed by atoms with Crippen LogP contribution >= 0.6 is 0 Å². The molecule has 1 aliphatic rings. The van der Waals surface area contributed by atoms with E-state index >= 15 is 0 Å². The van der Waals surface area contributed by atoms with Gasteiger partial charge in [-0.05, 0) is 19.8 Å². The number of aryl methyl sites for hydroxylation is 1. The van der Waals surface area contributed by atoms with Gasteiger partial charge >= 0.3 is 5.97 Å². The fourth-order valence-electron chi connectivity index (χ4n) is 2.23. The minimum absolute atomic E-state index is 0.113. The molecule has 2 N–H and O–H groups in total. The molecule has 2 rings (SSSR count). The summed E-state index contributed by atoms with van der Waals surface area (Å²) in [6, 6.07) is 0. The number of carboxylic acids is 1. The maximum absolute atomic E-state index is 12.0. The zero-order valence-electron chi connectivity index (χ0n) is 11.5. The number of hydrogen-bond donors (Lipinski definition) is 2. The number of carbonyl (C=O) groups is 2. The van der Waals surface area contributed by atoms with Crippen LogP contribution in [0, 0.1) is 5.41 Å². The van der Waals surface area contributed by atoms with Crippen LogP contribution in [0.3, 0.4) is 0 Å². The molecule has 1 saturated heterocycles. The first-order valence-electron chi connectivity index (χ1n) is 6.69. The number of hydrogen-bond acceptors (Lipinski definition) is 4. The molecule has 0 bridgehead atoms. The van der Waals surface area contributed by atoms with E-state index in [1.54, 1.807) is 10.9 Å². The Morgan fingerprint density at radius 1 is 1.50 bits per heavy atom. The third-order valence-corrected chi connectivity index (χ3v) is 3.71. The van der Waals surface area contributed by atoms with Gasteiger partial charge in [0.25, 0.3) is 5.91 Å². The summed E-state index contributed by atoms with van der Waals surface area (Å²) in [4.78, 5) is 23.4. The molecule has 7 heteroatoms. The average Bonchev–Trinajstić information content (AvgIpc) is 2.94. The number of ether oxygens (including phenoxy) is 1. The fourth-order valence-corrected chi connectivity index (χ4v) is 2.23. The van der Waals surface area contributed by atoms with E-state index in [1.165, 1.54) is 6.20 Å². The third-order valence-electron chi connectivity index (χ3n) is 3.71. The first kappa shape index (κ1) is 14.5. The number of aliphatic carboxylic acids is 1. The van der Waals surface area contributed by atoms with Crippen LogP contribution < -0.4 is 5.32 Å². The molecule has 2 heterocycles. The topological polar surface area (TPSA) is 93.5 Å². The molecule has 1 amide bonds. The van der Waals surface area contributed by atoms with Crippen LogP contribution in [0.5, 0.6) is 0 Å². The molecule has 1 aliphatic heterocycles. The summed E-state index contributed by atoms with van der Waals surface area (Å²) in [7, 11) is 0. The van der Waals surface area contributed by atoms with Gasteiger partial charge in [0.05, 0.1) is 17.2 Å². The van der Waals surface area contributed by atoms with Crippen molar-refractivity contribution in [2.75, 3.05) is 19.8 Å². The van der Waals surface area contributed by atoms with Crippen molar-refractivity contribution in [1.82, 2.24) is 15.1 Å². The highest BCUT2D eigenvalue weighted by atomic mass is 16.5. The Bertz CT molecular complexity index is 492. The number of nitrogens with one attached hydrogen (secondary N) is 1. The van der Waals surface area contributed by atoms with Crippen molar-refractivity contribution in [3.63, 3.8) is 0 Å². The number of nitrogens with zero attached hydrogens (tertiary/aromatic N) is 2. The molecule has 0 atom stereocenters. The van der Waals surface area contributed by atoms with Crippen molar-refractivity contribution in [3.8, 4) is 0 Å². The molecular weight excluding hydrogens is 262 g/mol. The highest BCUT2D eigenvalue weighted by molar-refractivity contribution is 5.94. The van der Waals surface area contributed by atoms with Crippen LogP contribution in [0.25, 0.3) is 0 Å². The predicted octanol–water partition coefficient (Wildman–Crippen LogP) is 0.514. The lowest BCUT2D eigenvalue weighted by molar-refractivity contribution is -0.154. The molecule has 0 unspecified atom stereocenters. The van der Waals surface area contributed by atoms with Crippen molar-refractivity contribution in [3.05, 3.63) is 18.0 Å². The number of carboxylic acid groups (broad SMARTS) is 1. The SMILES string of the molecule is CCn1cc(C(=O)NCC2(C(=O)O)CCOCC2)cn1. The van der Waals surface area contributed by atoms with Crippen LogP contribution in [0.4, 0.5) is 0 Å². The van der Waals surface area contributed by atoms with Gasteiger partial charge < -0.3 is 15.2 Å². The number of rotatable bonds is 5. The van der Waals surface area contributed by atoms with E-state index in [0.717, 1.165) is 0 Å². The summed E-state index contributed by atoms with van der Waals surface area (Å²) < 4.78 is 6.84. The van der Waals surface area contributed by atoms with E-state index in [1.807, 2.05) is 6.92 Å². The second-order valence-electron chi connectivity index (χ2n) is 4.97. The van der Waals surface area contributed by atoms with Gasteiger partial charge in [0.1, 0.15) is 0 Å². The van der Waals surface area contributed by atoms with Gasteiger partial charge in [0.2, 0.25) is 0 Å². The Hall–Kier alpha value is -1.89. The van der Waals surface area contributed by atoms with Gasteiger partial charge in [-0.25, -0.2) is 0 Å². The zero-order chi connectivity index (χ0) is 14.6. The van der Waals surface area contributed by atoms with Gasteiger partial charge in [-0.2, -0.15) is 5.10 Å². The molecule has 1 aromatic heterocycles. The Morgan fingerprint density at radius 3 is 2.75 bits per heavy atom. The zero-order valence-corrected chi connectivity index (χ0v) is 11.5. The molecule has 20 heavy (non-hydrogen) atoms. The van der Waals surface area contributed by atoms with Crippen LogP contribution in [0.1, 0.15) is 30.1 Å². The molecule has 7 nitrogen and oxygen atoms in total. The van der Waals surface area contributed by atoms with E-state index in [9.17, 15) is 14.7 Å². The Balaban J connectivity index is 1.98. The number of carbonyl (C=O) groups excluding carboxylic acids is 1. The highest BCUT2D eigenvalue weighted by Crippen LogP contribution is 2.30. The molecular formula is C13H19N3O4. The van der Waals surface area contributed by atoms with Gasteiger partial charge in [-0.1, -0.05) is 0 Å². The lowest BCUT2D eigenvalue weighted by atomic mass is 9.80. The van der Waals surface area contributed by atoms with E-state index in [-0.39, 0.29) is 12.5 Å². The molecule has 0 aliphatic carbocycles. The molecule has 0 spiro atoms. The third kappa shape index (κ3) is 2.98. The maximum Gasteiger partial charge on any atom is 0.311 e. The van der Waals surface area contributed by atoms with Gasteiger partial charge in [0.15, 0.2) is 0 Å². The summed E-state index contributed by atoms with van der Waals surface area (Å²) in [6.07, 6.45) is 3.96. The highest BCUT2D eigenvalue weighted by Gasteiger charge is 2.40. The van der Waals surface area contributed by atoms with Crippen molar-refractivity contribution < 1.29 is 19.4 Å². The van der Waals surface area contributed by atoms with Crippen LogP contribution in [-0.4, -0.2) is 46.5 Å². The van der Waals surface area contributed by atoms with Gasteiger partial charge in [0, 0.05) is 32.5 Å². The average molecular weight is 281 g/mol. The maximum atomic E-state index is 12.0.